The van der Waals surface area contributed by atoms with Gasteiger partial charge >= 0.3 is 7.60 Å². The van der Waals surface area contributed by atoms with E-state index in [-0.39, 0.29) is 5.82 Å². The molecule has 10 nitrogen and oxygen atoms in total. The zero-order valence-corrected chi connectivity index (χ0v) is 12.5. The molecular weight excluding hydrogens is 301 g/mol. The summed E-state index contributed by atoms with van der Waals surface area (Å²) in [6.07, 6.45) is 1.85. The Labute approximate surface area is 120 Å². The first kappa shape index (κ1) is 17.5. The number of rotatable bonds is 5. The molecule has 5 N–H and O–H groups in total. The molecule has 0 spiro atoms. The number of hydrogen-bond donors (Lipinski definition) is 4. The van der Waals surface area contributed by atoms with Crippen LogP contribution in [0.1, 0.15) is 6.92 Å². The number of aromatic nitrogens is 4. The number of hydrogen-bond acceptors (Lipinski definition) is 7. The first-order chi connectivity index (χ1) is 9.87. The van der Waals surface area contributed by atoms with E-state index < -0.39 is 20.0 Å². The molecule has 0 aromatic carbocycles. The number of imidazole rings is 1. The Kier molecular flexibility index (Phi) is 6.19. The minimum absolute atomic E-state index is 0.285. The lowest BCUT2D eigenvalue weighted by Gasteiger charge is -2.14. The highest BCUT2D eigenvalue weighted by Gasteiger charge is 2.16. The molecule has 21 heavy (non-hydrogen) atoms. The summed E-state index contributed by atoms with van der Waals surface area (Å²) >= 11 is 0. The maximum Gasteiger partial charge on any atom is 0.350 e. The zero-order chi connectivity index (χ0) is 16.0. The van der Waals surface area contributed by atoms with Crippen LogP contribution in [0.2, 0.25) is 0 Å². The van der Waals surface area contributed by atoms with E-state index in [0.29, 0.717) is 17.7 Å². The largest absolute Gasteiger partial charge is 0.400 e. The van der Waals surface area contributed by atoms with Crippen LogP contribution in [0.4, 0.5) is 5.82 Å². The van der Waals surface area contributed by atoms with Crippen molar-refractivity contribution in [3.05, 3.63) is 12.7 Å². The average Bonchev–Trinajstić information content (AvgIpc) is 2.83. The Bertz CT molecular complexity index is 627. The Morgan fingerprint density at radius 1 is 1.38 bits per heavy atom. The molecule has 118 valence electrons. The van der Waals surface area contributed by atoms with E-state index in [9.17, 15) is 4.57 Å². The van der Waals surface area contributed by atoms with Gasteiger partial charge in [0.1, 0.15) is 18.2 Å². The van der Waals surface area contributed by atoms with Crippen LogP contribution in [0.25, 0.3) is 11.2 Å². The van der Waals surface area contributed by atoms with Crippen molar-refractivity contribution in [3.8, 4) is 0 Å². The van der Waals surface area contributed by atoms with Crippen molar-refractivity contribution in [2.24, 2.45) is 0 Å². The summed E-state index contributed by atoms with van der Waals surface area (Å²) in [4.78, 5) is 29.4. The van der Waals surface area contributed by atoms with Gasteiger partial charge in [0.15, 0.2) is 11.5 Å². The summed E-state index contributed by atoms with van der Waals surface area (Å²) in [6, 6.07) is 0. The lowest BCUT2D eigenvalue weighted by Crippen LogP contribution is -2.17. The Morgan fingerprint density at radius 2 is 2.05 bits per heavy atom. The molecule has 1 atom stereocenters. The van der Waals surface area contributed by atoms with Crippen LogP contribution in [0.3, 0.4) is 0 Å². The van der Waals surface area contributed by atoms with Gasteiger partial charge in [0.05, 0.1) is 19.0 Å². The van der Waals surface area contributed by atoms with Gasteiger partial charge in [0.2, 0.25) is 0 Å². The lowest BCUT2D eigenvalue weighted by molar-refractivity contribution is 0.0764. The molecule has 0 radical (unpaired) electrons. The number of ether oxygens (including phenoxy) is 1. The van der Waals surface area contributed by atoms with Crippen LogP contribution in [0.15, 0.2) is 12.7 Å². The van der Waals surface area contributed by atoms with E-state index in [1.165, 1.54) is 12.7 Å². The summed E-state index contributed by atoms with van der Waals surface area (Å²) in [5, 5.41) is 7.00. The maximum absolute atomic E-state index is 10.7. The quantitative estimate of drug-likeness (QED) is 0.536. The van der Waals surface area contributed by atoms with Crippen LogP contribution in [-0.2, 0) is 15.8 Å². The van der Waals surface area contributed by atoms with Gasteiger partial charge in [0.25, 0.3) is 0 Å². The van der Waals surface area contributed by atoms with E-state index in [1.807, 2.05) is 0 Å². The fraction of sp³-hybridized carbons (Fsp3) is 0.500. The van der Waals surface area contributed by atoms with Crippen LogP contribution < -0.4 is 5.73 Å². The van der Waals surface area contributed by atoms with E-state index in [2.05, 4.69) is 15.0 Å². The highest BCUT2D eigenvalue weighted by molar-refractivity contribution is 7.51. The number of aliphatic hydroxyl groups excluding tert-OH is 1. The second-order valence-electron chi connectivity index (χ2n) is 4.10. The van der Waals surface area contributed by atoms with Gasteiger partial charge < -0.3 is 29.9 Å². The van der Waals surface area contributed by atoms with Gasteiger partial charge in [-0.2, -0.15) is 0 Å². The summed E-state index contributed by atoms with van der Waals surface area (Å²) in [5.41, 5.74) is 6.70. The van der Waals surface area contributed by atoms with Crippen molar-refractivity contribution in [1.29, 1.82) is 0 Å². The molecule has 0 aliphatic rings. The van der Waals surface area contributed by atoms with Crippen LogP contribution in [0, 0.1) is 0 Å². The summed E-state index contributed by atoms with van der Waals surface area (Å²) in [6.45, 7) is 2.05. The number of fused-ring (bicyclic) bond motifs is 1. The second kappa shape index (κ2) is 7.43. The number of anilines is 1. The number of nitrogen functional groups attached to an aromatic ring is 1. The lowest BCUT2D eigenvalue weighted by atomic mass is 10.4. The molecule has 0 saturated heterocycles. The van der Waals surface area contributed by atoms with Gasteiger partial charge in [-0.25, -0.2) is 15.0 Å². The van der Waals surface area contributed by atoms with Crippen molar-refractivity contribution < 1.29 is 24.2 Å². The Hall–Kier alpha value is -1.58. The van der Waals surface area contributed by atoms with Gasteiger partial charge in [-0.15, -0.1) is 0 Å². The third kappa shape index (κ3) is 5.03. The Balaban J connectivity index is 0.00000106. The normalized spacial score (nSPS) is 12.8. The van der Waals surface area contributed by atoms with Gasteiger partial charge in [-0.3, -0.25) is 4.57 Å². The van der Waals surface area contributed by atoms with Crippen LogP contribution >= 0.6 is 7.60 Å². The van der Waals surface area contributed by atoms with E-state index in [0.717, 1.165) is 7.11 Å². The van der Waals surface area contributed by atoms with Crippen molar-refractivity contribution in [2.75, 3.05) is 19.2 Å². The van der Waals surface area contributed by atoms with E-state index in [1.54, 1.807) is 11.5 Å². The van der Waals surface area contributed by atoms with E-state index in [4.69, 9.17) is 25.4 Å². The third-order valence-corrected chi connectivity index (χ3v) is 2.90. The fourth-order valence-electron chi connectivity index (χ4n) is 1.59. The first-order valence-corrected chi connectivity index (χ1v) is 7.69. The smallest absolute Gasteiger partial charge is 0.350 e. The number of nitrogens with two attached hydrogens (primary N) is 1. The molecule has 0 unspecified atom stereocenters. The van der Waals surface area contributed by atoms with Gasteiger partial charge in [-0.05, 0) is 6.92 Å². The highest BCUT2D eigenvalue weighted by Crippen LogP contribution is 2.34. The fourth-order valence-corrected chi connectivity index (χ4v) is 2.04. The molecular formula is C10H18N5O5P. The second-order valence-corrected chi connectivity index (χ2v) is 5.69. The van der Waals surface area contributed by atoms with Gasteiger partial charge in [0, 0.05) is 7.11 Å². The van der Waals surface area contributed by atoms with Crippen LogP contribution in [-0.4, -0.2) is 54.0 Å². The zero-order valence-electron chi connectivity index (χ0n) is 11.6. The molecule has 0 aliphatic heterocycles. The van der Waals surface area contributed by atoms with Crippen molar-refractivity contribution in [2.45, 2.75) is 19.6 Å². The minimum Gasteiger partial charge on any atom is -0.400 e. The monoisotopic (exact) mass is 319 g/mol. The molecule has 0 fully saturated rings. The van der Waals surface area contributed by atoms with Crippen molar-refractivity contribution in [1.82, 2.24) is 19.5 Å². The summed E-state index contributed by atoms with van der Waals surface area (Å²) in [5.74, 6) is 0.285. The summed E-state index contributed by atoms with van der Waals surface area (Å²) < 4.78 is 17.5. The average molecular weight is 319 g/mol. The van der Waals surface area contributed by atoms with E-state index >= 15 is 0 Å². The molecule has 2 heterocycles. The van der Waals surface area contributed by atoms with Crippen LogP contribution in [0.5, 0.6) is 0 Å². The molecule has 2 rings (SSSR count). The Morgan fingerprint density at radius 3 is 2.67 bits per heavy atom. The molecule has 11 heteroatoms. The predicted octanol–water partition coefficient (Wildman–Crippen LogP) is -0.443. The maximum atomic E-state index is 10.7. The van der Waals surface area contributed by atoms with Crippen molar-refractivity contribution in [3.63, 3.8) is 0 Å². The van der Waals surface area contributed by atoms with Gasteiger partial charge in [-0.1, -0.05) is 0 Å². The SMILES string of the molecule is CO.C[C@H](Cn1cnc2c(N)ncnc21)OCP(=O)(O)O. The standard InChI is InChI=1S/C9H14N5O4P.CH4O/c1-6(18-5-19(15,16)17)2-14-4-13-7-8(10)11-3-12-9(7)14;1-2/h3-4,6H,2,5H2,1H3,(H2,10,11,12)(H2,15,16,17);2H,1H3/t6-;/m1./s1. The topological polar surface area (TPSA) is 157 Å². The number of aliphatic hydroxyl groups is 1. The molecule has 0 saturated carbocycles. The summed E-state index contributed by atoms with van der Waals surface area (Å²) in [7, 11) is -3.16. The molecule has 2 aromatic rings. The van der Waals surface area contributed by atoms with Crippen molar-refractivity contribution >= 4 is 24.6 Å². The predicted molar refractivity (Wildman–Crippen MR) is 75.3 cm³/mol. The third-order valence-electron chi connectivity index (χ3n) is 2.41. The first-order valence-electron chi connectivity index (χ1n) is 5.89. The molecule has 0 bridgehead atoms. The molecule has 0 aliphatic carbocycles. The molecule has 2 aromatic heterocycles. The number of nitrogens with zero attached hydrogens (tertiary/aromatic N) is 4. The molecule has 0 amide bonds. The highest BCUT2D eigenvalue weighted by atomic mass is 31.2. The minimum atomic E-state index is -4.16.